The molecule has 6 nitrogen and oxygen atoms in total. The van der Waals surface area contributed by atoms with Crippen LogP contribution in [0.3, 0.4) is 0 Å². The van der Waals surface area contributed by atoms with Crippen LogP contribution in [0.2, 0.25) is 0 Å². The van der Waals surface area contributed by atoms with Gasteiger partial charge in [-0.2, -0.15) is 0 Å². The van der Waals surface area contributed by atoms with Gasteiger partial charge in [0.25, 0.3) is 0 Å². The molecule has 1 aromatic rings. The molecule has 0 unspecified atom stereocenters. The van der Waals surface area contributed by atoms with Gasteiger partial charge >= 0.3 is 6.09 Å². The maximum Gasteiger partial charge on any atom is 0.410 e. The second-order valence-electron chi connectivity index (χ2n) is 6.79. The molecule has 0 aromatic carbocycles. The van der Waals surface area contributed by atoms with Gasteiger partial charge in [0.2, 0.25) is 5.88 Å². The molecule has 1 N–H and O–H groups in total. The molecular weight excluding hydrogens is 294 g/mol. The van der Waals surface area contributed by atoms with E-state index < -0.39 is 5.60 Å². The van der Waals surface area contributed by atoms with Gasteiger partial charge in [-0.15, -0.1) is 0 Å². The van der Waals surface area contributed by atoms with Crippen LogP contribution in [-0.4, -0.2) is 47.8 Å². The average molecular weight is 321 g/mol. The van der Waals surface area contributed by atoms with Crippen molar-refractivity contribution in [2.24, 2.45) is 0 Å². The topological polar surface area (TPSA) is 63.7 Å². The van der Waals surface area contributed by atoms with Crippen LogP contribution < -0.4 is 10.1 Å². The molecular formula is C17H27N3O3. The number of nitrogens with one attached hydrogen (secondary N) is 1. The smallest absolute Gasteiger partial charge is 0.410 e. The van der Waals surface area contributed by atoms with Gasteiger partial charge in [-0.05, 0) is 39.2 Å². The molecule has 1 amide bonds. The van der Waals surface area contributed by atoms with Crippen molar-refractivity contribution in [3.63, 3.8) is 0 Å². The summed E-state index contributed by atoms with van der Waals surface area (Å²) in [6.45, 7) is 7.77. The van der Waals surface area contributed by atoms with Crippen molar-refractivity contribution in [1.29, 1.82) is 0 Å². The summed E-state index contributed by atoms with van der Waals surface area (Å²) in [6.07, 6.45) is 3.72. The van der Waals surface area contributed by atoms with Crippen molar-refractivity contribution >= 4 is 6.09 Å². The van der Waals surface area contributed by atoms with Crippen LogP contribution in [0.15, 0.2) is 18.3 Å². The largest absolute Gasteiger partial charge is 0.481 e. The minimum absolute atomic E-state index is 0.215. The van der Waals surface area contributed by atoms with Crippen molar-refractivity contribution in [1.82, 2.24) is 15.2 Å². The van der Waals surface area contributed by atoms with Crippen LogP contribution in [-0.2, 0) is 11.3 Å². The third-order valence-corrected chi connectivity index (χ3v) is 3.48. The standard InChI is InChI=1S/C17H27N3O3/c1-17(2,3)23-16(21)20(14-6-7-14)10-9-18-11-13-5-8-15(22-4)19-12-13/h5,8,12,14,18H,6-7,9-11H2,1-4H3. The van der Waals surface area contributed by atoms with E-state index in [1.807, 2.05) is 37.8 Å². The zero-order chi connectivity index (χ0) is 16.9. The zero-order valence-corrected chi connectivity index (χ0v) is 14.5. The number of ether oxygens (including phenoxy) is 2. The summed E-state index contributed by atoms with van der Waals surface area (Å²) in [5, 5.41) is 3.34. The Morgan fingerprint density at radius 3 is 2.65 bits per heavy atom. The second kappa shape index (κ2) is 7.64. The Morgan fingerprint density at radius 1 is 1.39 bits per heavy atom. The third-order valence-electron chi connectivity index (χ3n) is 3.48. The van der Waals surface area contributed by atoms with Crippen LogP contribution in [0.5, 0.6) is 5.88 Å². The molecule has 0 radical (unpaired) electrons. The molecule has 0 spiro atoms. The Bertz CT molecular complexity index is 507. The fourth-order valence-corrected chi connectivity index (χ4v) is 2.20. The van der Waals surface area contributed by atoms with Crippen molar-refractivity contribution < 1.29 is 14.3 Å². The van der Waals surface area contributed by atoms with E-state index in [9.17, 15) is 4.79 Å². The van der Waals surface area contributed by atoms with Crippen molar-refractivity contribution in [3.8, 4) is 5.88 Å². The van der Waals surface area contributed by atoms with E-state index in [-0.39, 0.29) is 6.09 Å². The first-order chi connectivity index (χ1) is 10.9. The SMILES string of the molecule is COc1ccc(CNCCN(C(=O)OC(C)(C)C)C2CC2)cn1. The number of hydrogen-bond acceptors (Lipinski definition) is 5. The van der Waals surface area contributed by atoms with Crippen LogP contribution in [0.1, 0.15) is 39.2 Å². The molecule has 1 saturated carbocycles. The highest BCUT2D eigenvalue weighted by molar-refractivity contribution is 5.69. The number of hydrogen-bond donors (Lipinski definition) is 1. The lowest BCUT2D eigenvalue weighted by Gasteiger charge is -2.27. The lowest BCUT2D eigenvalue weighted by atomic mass is 10.2. The number of amides is 1. The first-order valence-electron chi connectivity index (χ1n) is 8.08. The molecule has 0 bridgehead atoms. The molecule has 128 valence electrons. The van der Waals surface area contributed by atoms with E-state index >= 15 is 0 Å². The number of pyridine rings is 1. The highest BCUT2D eigenvalue weighted by Gasteiger charge is 2.34. The zero-order valence-electron chi connectivity index (χ0n) is 14.5. The molecule has 1 aliphatic carbocycles. The van der Waals surface area contributed by atoms with Gasteiger partial charge in [0, 0.05) is 37.9 Å². The van der Waals surface area contributed by atoms with E-state index in [4.69, 9.17) is 9.47 Å². The summed E-state index contributed by atoms with van der Waals surface area (Å²) >= 11 is 0. The van der Waals surface area contributed by atoms with Gasteiger partial charge in [0.1, 0.15) is 5.60 Å². The summed E-state index contributed by atoms with van der Waals surface area (Å²) in [4.78, 5) is 18.2. The number of carbonyl (C=O) groups excluding carboxylic acids is 1. The van der Waals surface area contributed by atoms with E-state index in [1.54, 1.807) is 13.3 Å². The number of nitrogens with zero attached hydrogens (tertiary/aromatic N) is 2. The number of carbonyl (C=O) groups is 1. The fourth-order valence-electron chi connectivity index (χ4n) is 2.20. The predicted molar refractivity (Wildman–Crippen MR) is 88.5 cm³/mol. The van der Waals surface area contributed by atoms with E-state index in [0.29, 0.717) is 25.0 Å². The van der Waals surface area contributed by atoms with Crippen LogP contribution in [0.25, 0.3) is 0 Å². The molecule has 2 rings (SSSR count). The monoisotopic (exact) mass is 321 g/mol. The summed E-state index contributed by atoms with van der Waals surface area (Å²) in [5.41, 5.74) is 0.632. The van der Waals surface area contributed by atoms with Gasteiger partial charge in [-0.25, -0.2) is 9.78 Å². The minimum atomic E-state index is -0.452. The van der Waals surface area contributed by atoms with Crippen molar-refractivity contribution in [2.45, 2.75) is 51.8 Å². The lowest BCUT2D eigenvalue weighted by molar-refractivity contribution is 0.0236. The molecule has 1 aliphatic rings. The Hall–Kier alpha value is -1.82. The molecule has 0 atom stereocenters. The number of aromatic nitrogens is 1. The summed E-state index contributed by atoms with van der Waals surface area (Å²) in [6, 6.07) is 4.16. The predicted octanol–water partition coefficient (Wildman–Crippen LogP) is 2.58. The lowest BCUT2D eigenvalue weighted by Crippen LogP contribution is -2.41. The molecule has 6 heteroatoms. The summed E-state index contributed by atoms with van der Waals surface area (Å²) in [7, 11) is 1.60. The van der Waals surface area contributed by atoms with E-state index in [0.717, 1.165) is 24.9 Å². The Morgan fingerprint density at radius 2 is 2.13 bits per heavy atom. The van der Waals surface area contributed by atoms with Gasteiger partial charge in [-0.1, -0.05) is 6.07 Å². The summed E-state index contributed by atoms with van der Waals surface area (Å²) in [5.74, 6) is 0.610. The normalized spacial score (nSPS) is 14.4. The fraction of sp³-hybridized carbons (Fsp3) is 0.647. The summed E-state index contributed by atoms with van der Waals surface area (Å²) < 4.78 is 10.5. The van der Waals surface area contributed by atoms with Gasteiger partial charge in [0.05, 0.1) is 7.11 Å². The maximum atomic E-state index is 12.2. The van der Waals surface area contributed by atoms with Gasteiger partial charge in [0.15, 0.2) is 0 Å². The third kappa shape index (κ3) is 6.06. The van der Waals surface area contributed by atoms with Crippen LogP contribution >= 0.6 is 0 Å². The average Bonchev–Trinajstić information content (AvgIpc) is 3.30. The first-order valence-corrected chi connectivity index (χ1v) is 8.08. The first kappa shape index (κ1) is 17.5. The highest BCUT2D eigenvalue weighted by atomic mass is 16.6. The van der Waals surface area contributed by atoms with Crippen molar-refractivity contribution in [3.05, 3.63) is 23.9 Å². The quantitative estimate of drug-likeness (QED) is 0.782. The molecule has 0 saturated heterocycles. The number of methoxy groups -OCH3 is 1. The highest BCUT2D eigenvalue weighted by Crippen LogP contribution is 2.28. The Kier molecular flexibility index (Phi) is 5.82. The molecule has 1 heterocycles. The molecule has 1 aromatic heterocycles. The van der Waals surface area contributed by atoms with Crippen LogP contribution in [0, 0.1) is 0 Å². The molecule has 0 aliphatic heterocycles. The Labute approximate surface area is 138 Å². The number of rotatable bonds is 7. The Balaban J connectivity index is 1.75. The molecule has 1 fully saturated rings. The van der Waals surface area contributed by atoms with Gasteiger partial charge in [-0.3, -0.25) is 0 Å². The second-order valence-corrected chi connectivity index (χ2v) is 6.79. The van der Waals surface area contributed by atoms with Crippen LogP contribution in [0.4, 0.5) is 4.79 Å². The minimum Gasteiger partial charge on any atom is -0.481 e. The van der Waals surface area contributed by atoms with E-state index in [2.05, 4.69) is 10.3 Å². The maximum absolute atomic E-state index is 12.2. The van der Waals surface area contributed by atoms with Gasteiger partial charge < -0.3 is 19.7 Å². The van der Waals surface area contributed by atoms with E-state index in [1.165, 1.54) is 0 Å². The van der Waals surface area contributed by atoms with Crippen molar-refractivity contribution in [2.75, 3.05) is 20.2 Å². The molecule has 23 heavy (non-hydrogen) atoms.